The molecule has 156 valence electrons. The molecule has 0 spiro atoms. The highest BCUT2D eigenvalue weighted by molar-refractivity contribution is 7.99. The van der Waals surface area contributed by atoms with Crippen molar-refractivity contribution in [2.45, 2.75) is 44.5 Å². The fourth-order valence-corrected chi connectivity index (χ4v) is 4.40. The molecule has 8 nitrogen and oxygen atoms in total. The van der Waals surface area contributed by atoms with E-state index in [1.807, 2.05) is 18.4 Å². The Morgan fingerprint density at radius 1 is 1.53 bits per heavy atom. The minimum absolute atomic E-state index is 0.0990. The maximum absolute atomic E-state index is 12.7. The number of rotatable bonds is 6. The van der Waals surface area contributed by atoms with Crippen molar-refractivity contribution in [2.75, 3.05) is 17.7 Å². The number of H-pyrrole nitrogens is 1. The number of hydrogen-bond acceptors (Lipinski definition) is 6. The summed E-state index contributed by atoms with van der Waals surface area (Å²) in [4.78, 5) is 24.3. The van der Waals surface area contributed by atoms with Gasteiger partial charge in [0.15, 0.2) is 10.8 Å². The van der Waals surface area contributed by atoms with E-state index in [2.05, 4.69) is 26.3 Å². The highest BCUT2D eigenvalue weighted by Gasteiger charge is 2.24. The summed E-state index contributed by atoms with van der Waals surface area (Å²) in [5.74, 6) is 0.461. The van der Waals surface area contributed by atoms with Crippen molar-refractivity contribution in [1.29, 1.82) is 5.26 Å². The number of carbonyl (C=O) groups is 1. The van der Waals surface area contributed by atoms with Gasteiger partial charge in [-0.25, -0.2) is 9.97 Å². The van der Waals surface area contributed by atoms with Gasteiger partial charge in [-0.2, -0.15) is 5.26 Å². The average Bonchev–Trinajstić information content (AvgIpc) is 3.42. The predicted molar refractivity (Wildman–Crippen MR) is 116 cm³/mol. The number of thioether (sulfide) groups is 1. The Hall–Kier alpha value is -2.54. The number of aromatic nitrogens is 4. The Balaban J connectivity index is 1.48. The molecule has 30 heavy (non-hydrogen) atoms. The van der Waals surface area contributed by atoms with Crippen LogP contribution in [0.1, 0.15) is 29.7 Å². The van der Waals surface area contributed by atoms with Crippen molar-refractivity contribution < 1.29 is 9.53 Å². The van der Waals surface area contributed by atoms with E-state index < -0.39 is 0 Å². The fourth-order valence-electron chi connectivity index (χ4n) is 3.57. The Morgan fingerprint density at radius 2 is 2.37 bits per heavy atom. The van der Waals surface area contributed by atoms with Gasteiger partial charge < -0.3 is 19.6 Å². The second kappa shape index (κ2) is 8.68. The van der Waals surface area contributed by atoms with E-state index in [9.17, 15) is 10.1 Å². The topological polar surface area (TPSA) is 109 Å². The van der Waals surface area contributed by atoms with E-state index in [4.69, 9.17) is 16.3 Å². The van der Waals surface area contributed by atoms with Crippen LogP contribution in [0.4, 0.5) is 5.82 Å². The first-order chi connectivity index (χ1) is 14.5. The molecule has 0 aromatic carbocycles. The largest absolute Gasteiger partial charge is 0.376 e. The summed E-state index contributed by atoms with van der Waals surface area (Å²) in [5, 5.41) is 13.7. The van der Waals surface area contributed by atoms with E-state index in [1.165, 1.54) is 18.0 Å². The van der Waals surface area contributed by atoms with Crippen molar-refractivity contribution in [3.05, 3.63) is 34.1 Å². The fraction of sp³-hybridized carbons (Fsp3) is 0.400. The first-order valence-corrected chi connectivity index (χ1v) is 11.0. The van der Waals surface area contributed by atoms with E-state index in [1.54, 1.807) is 6.07 Å². The van der Waals surface area contributed by atoms with E-state index in [-0.39, 0.29) is 17.8 Å². The quantitative estimate of drug-likeness (QED) is 0.559. The second-order valence-corrected chi connectivity index (χ2v) is 8.60. The number of fused-ring (bicyclic) bond motifs is 1. The molecule has 0 aliphatic carbocycles. The molecule has 0 radical (unpaired) electrons. The number of hydrogen-bond donors (Lipinski definition) is 2. The number of carbonyl (C=O) groups excluding carboxylic acids is 1. The molecule has 1 atom stereocenters. The first-order valence-electron chi connectivity index (χ1n) is 9.61. The molecule has 1 amide bonds. The zero-order valence-electron chi connectivity index (χ0n) is 16.7. The number of halogens is 1. The molecule has 2 N–H and O–H groups in total. The summed E-state index contributed by atoms with van der Waals surface area (Å²) >= 11 is 7.21. The minimum atomic E-state index is -0.214. The highest BCUT2D eigenvalue weighted by Crippen LogP contribution is 2.29. The van der Waals surface area contributed by atoms with Crippen LogP contribution in [0.15, 0.2) is 17.4 Å². The van der Waals surface area contributed by atoms with Gasteiger partial charge in [-0.15, -0.1) is 0 Å². The van der Waals surface area contributed by atoms with E-state index in [0.29, 0.717) is 39.3 Å². The predicted octanol–water partition coefficient (Wildman–Crippen LogP) is 3.81. The van der Waals surface area contributed by atoms with Crippen LogP contribution in [0.3, 0.4) is 0 Å². The lowest BCUT2D eigenvalue weighted by Crippen LogP contribution is -2.22. The molecule has 1 unspecified atom stereocenters. The number of aromatic amines is 1. The Morgan fingerprint density at radius 3 is 3.10 bits per heavy atom. The summed E-state index contributed by atoms with van der Waals surface area (Å²) in [7, 11) is 0. The van der Waals surface area contributed by atoms with Crippen LogP contribution in [0.2, 0.25) is 5.02 Å². The lowest BCUT2D eigenvalue weighted by molar-refractivity contribution is -0.113. The van der Waals surface area contributed by atoms with Gasteiger partial charge in [-0.3, -0.25) is 4.79 Å². The zero-order valence-corrected chi connectivity index (χ0v) is 18.2. The monoisotopic (exact) mass is 444 g/mol. The third-order valence-electron chi connectivity index (χ3n) is 5.23. The summed E-state index contributed by atoms with van der Waals surface area (Å²) in [6, 6.07) is 3.97. The van der Waals surface area contributed by atoms with Gasteiger partial charge in [0.25, 0.3) is 0 Å². The standard InChI is InChI=1S/C20H21ClN6O2S/c1-11-12(2)27(9-14-4-3-5-29-14)19(15(11)7-22)25-17(28)10-30-20-24-16-6-13(21)8-23-18(16)26-20/h6,8,14H,3-5,9-10H2,1-2H3,(H,25,28)(H,23,24,26). The second-order valence-electron chi connectivity index (χ2n) is 7.19. The van der Waals surface area contributed by atoms with Crippen molar-refractivity contribution in [3.63, 3.8) is 0 Å². The van der Waals surface area contributed by atoms with Crippen molar-refractivity contribution in [1.82, 2.24) is 19.5 Å². The minimum Gasteiger partial charge on any atom is -0.376 e. The van der Waals surface area contributed by atoms with Crippen molar-refractivity contribution in [3.8, 4) is 6.07 Å². The van der Waals surface area contributed by atoms with Gasteiger partial charge >= 0.3 is 0 Å². The molecule has 0 saturated carbocycles. The lowest BCUT2D eigenvalue weighted by Gasteiger charge is -2.16. The molecule has 0 bridgehead atoms. The number of nitrogens with zero attached hydrogens (tertiary/aromatic N) is 4. The summed E-state index contributed by atoms with van der Waals surface area (Å²) in [5.41, 5.74) is 3.59. The van der Waals surface area contributed by atoms with Gasteiger partial charge in [-0.05, 0) is 38.3 Å². The molecule has 1 saturated heterocycles. The van der Waals surface area contributed by atoms with Crippen LogP contribution in [-0.4, -0.2) is 43.9 Å². The molecule has 1 aliphatic heterocycles. The van der Waals surface area contributed by atoms with Gasteiger partial charge in [0.1, 0.15) is 11.9 Å². The average molecular weight is 445 g/mol. The SMILES string of the molecule is Cc1c(C#N)c(NC(=O)CSc2nc3ncc(Cl)cc3[nH]2)n(CC2CCCO2)c1C. The van der Waals surface area contributed by atoms with Crippen molar-refractivity contribution >= 4 is 46.3 Å². The smallest absolute Gasteiger partial charge is 0.235 e. The number of pyridine rings is 1. The molecular formula is C20H21ClN6O2S. The highest BCUT2D eigenvalue weighted by atomic mass is 35.5. The summed E-state index contributed by atoms with van der Waals surface area (Å²) in [6.07, 6.45) is 3.64. The van der Waals surface area contributed by atoms with Crippen LogP contribution in [0, 0.1) is 25.2 Å². The molecule has 1 fully saturated rings. The Bertz CT molecular complexity index is 1140. The molecule has 3 aromatic heterocycles. The van der Waals surface area contributed by atoms with Gasteiger partial charge in [0.05, 0.1) is 34.5 Å². The van der Waals surface area contributed by atoms with Crippen LogP contribution < -0.4 is 5.32 Å². The third kappa shape index (κ3) is 4.17. The number of ether oxygens (including phenoxy) is 1. The lowest BCUT2D eigenvalue weighted by atomic mass is 10.2. The number of nitriles is 1. The first kappa shape index (κ1) is 20.7. The Kier molecular flexibility index (Phi) is 5.99. The molecular weight excluding hydrogens is 424 g/mol. The van der Waals surface area contributed by atoms with E-state index in [0.717, 1.165) is 30.7 Å². The van der Waals surface area contributed by atoms with Gasteiger partial charge in [0.2, 0.25) is 5.91 Å². The molecule has 4 rings (SSSR count). The zero-order chi connectivity index (χ0) is 21.3. The van der Waals surface area contributed by atoms with Crippen LogP contribution in [0.5, 0.6) is 0 Å². The van der Waals surface area contributed by atoms with Crippen LogP contribution in [-0.2, 0) is 16.1 Å². The molecule has 1 aliphatic rings. The molecule has 3 aromatic rings. The number of imidazole rings is 1. The van der Waals surface area contributed by atoms with Crippen LogP contribution in [0.25, 0.3) is 11.2 Å². The maximum atomic E-state index is 12.7. The molecule has 4 heterocycles. The third-order valence-corrected chi connectivity index (χ3v) is 6.31. The number of amides is 1. The van der Waals surface area contributed by atoms with Gasteiger partial charge in [0, 0.05) is 18.5 Å². The van der Waals surface area contributed by atoms with Crippen molar-refractivity contribution in [2.24, 2.45) is 0 Å². The Labute approximate surface area is 183 Å². The van der Waals surface area contributed by atoms with Gasteiger partial charge in [-0.1, -0.05) is 23.4 Å². The number of anilines is 1. The van der Waals surface area contributed by atoms with E-state index >= 15 is 0 Å². The molecule has 10 heteroatoms. The summed E-state index contributed by atoms with van der Waals surface area (Å²) in [6.45, 7) is 5.23. The van der Waals surface area contributed by atoms with Crippen LogP contribution >= 0.6 is 23.4 Å². The normalized spacial score (nSPS) is 16.1. The number of nitrogens with one attached hydrogen (secondary N) is 2. The maximum Gasteiger partial charge on any atom is 0.235 e. The summed E-state index contributed by atoms with van der Waals surface area (Å²) < 4.78 is 7.73.